The molecular formula is C19H29N. The minimum Gasteiger partial charge on any atom is -0.311 e. The van der Waals surface area contributed by atoms with E-state index >= 15 is 0 Å². The van der Waals surface area contributed by atoms with Crippen molar-refractivity contribution in [2.75, 3.05) is 0 Å². The molecule has 1 nitrogen and oxygen atoms in total. The molecule has 2 saturated carbocycles. The van der Waals surface area contributed by atoms with Gasteiger partial charge < -0.3 is 5.32 Å². The van der Waals surface area contributed by atoms with E-state index in [9.17, 15) is 0 Å². The van der Waals surface area contributed by atoms with Gasteiger partial charge in [0.15, 0.2) is 0 Å². The molecule has 1 atom stereocenters. The second-order valence-corrected chi connectivity index (χ2v) is 7.73. The summed E-state index contributed by atoms with van der Waals surface area (Å²) in [5.74, 6) is 0.791. The molecule has 1 heteroatoms. The molecule has 0 heterocycles. The van der Waals surface area contributed by atoms with E-state index in [4.69, 9.17) is 0 Å². The van der Waals surface area contributed by atoms with E-state index in [2.05, 4.69) is 50.4 Å². The van der Waals surface area contributed by atoms with Gasteiger partial charge in [0.05, 0.1) is 0 Å². The molecule has 2 fully saturated rings. The Morgan fingerprint density at radius 3 is 2.40 bits per heavy atom. The van der Waals surface area contributed by atoms with Crippen LogP contribution in [0.4, 0.5) is 0 Å². The molecule has 3 rings (SSSR count). The number of benzene rings is 1. The van der Waals surface area contributed by atoms with Crippen LogP contribution in [0.25, 0.3) is 0 Å². The topological polar surface area (TPSA) is 12.0 Å². The van der Waals surface area contributed by atoms with Crippen LogP contribution >= 0.6 is 0 Å². The Labute approximate surface area is 124 Å². The summed E-state index contributed by atoms with van der Waals surface area (Å²) in [6, 6.07) is 10.6. The second-order valence-electron chi connectivity index (χ2n) is 7.73. The Kier molecular flexibility index (Phi) is 3.90. The van der Waals surface area contributed by atoms with Crippen LogP contribution in [-0.2, 0) is 0 Å². The molecule has 0 aliphatic heterocycles. The van der Waals surface area contributed by atoms with Crippen molar-refractivity contribution in [2.24, 2.45) is 5.41 Å². The van der Waals surface area contributed by atoms with Crippen LogP contribution in [0, 0.1) is 12.3 Å². The van der Waals surface area contributed by atoms with Gasteiger partial charge in [-0.2, -0.15) is 0 Å². The van der Waals surface area contributed by atoms with E-state index in [-0.39, 0.29) is 0 Å². The molecule has 2 aliphatic carbocycles. The first kappa shape index (κ1) is 14.1. The minimum absolute atomic E-state index is 0.493. The summed E-state index contributed by atoms with van der Waals surface area (Å²) in [5.41, 5.74) is 3.40. The zero-order valence-electron chi connectivity index (χ0n) is 13.3. The lowest BCUT2D eigenvalue weighted by Crippen LogP contribution is -2.52. The van der Waals surface area contributed by atoms with E-state index in [0.29, 0.717) is 5.41 Å². The van der Waals surface area contributed by atoms with Gasteiger partial charge in [-0.25, -0.2) is 0 Å². The fraction of sp³-hybridized carbons (Fsp3) is 0.684. The highest BCUT2D eigenvalue weighted by molar-refractivity contribution is 5.26. The smallest absolute Gasteiger partial charge is 0.0121 e. The van der Waals surface area contributed by atoms with Crippen molar-refractivity contribution in [3.63, 3.8) is 0 Å². The summed E-state index contributed by atoms with van der Waals surface area (Å²) in [7, 11) is 0. The van der Waals surface area contributed by atoms with Gasteiger partial charge in [-0.1, -0.05) is 56.5 Å². The summed E-state index contributed by atoms with van der Waals surface area (Å²) in [4.78, 5) is 0. The van der Waals surface area contributed by atoms with Gasteiger partial charge in [-0.3, -0.25) is 0 Å². The molecule has 110 valence electrons. The van der Waals surface area contributed by atoms with Gasteiger partial charge in [0.1, 0.15) is 0 Å². The monoisotopic (exact) mass is 271 g/mol. The van der Waals surface area contributed by atoms with Crippen LogP contribution in [0.2, 0.25) is 0 Å². The normalized spacial score (nSPS) is 32.6. The maximum Gasteiger partial charge on any atom is 0.0121 e. The van der Waals surface area contributed by atoms with Gasteiger partial charge in [0, 0.05) is 12.1 Å². The molecule has 1 aromatic carbocycles. The van der Waals surface area contributed by atoms with Gasteiger partial charge in [0.2, 0.25) is 0 Å². The van der Waals surface area contributed by atoms with Crippen molar-refractivity contribution in [3.8, 4) is 0 Å². The average molecular weight is 271 g/mol. The van der Waals surface area contributed by atoms with Crippen LogP contribution in [0.3, 0.4) is 0 Å². The standard InChI is InChI=1S/C19H29N/c1-14-7-9-15(10-8-14)16-12-17(13-16)20-18-6-4-5-11-19(18,2)3/h7-10,16-18,20H,4-6,11-13H2,1-3H3. The lowest BCUT2D eigenvalue weighted by Gasteiger charge is -2.45. The third-order valence-corrected chi connectivity index (χ3v) is 5.63. The molecular weight excluding hydrogens is 242 g/mol. The molecule has 0 saturated heterocycles. The second kappa shape index (κ2) is 5.52. The highest BCUT2D eigenvalue weighted by Gasteiger charge is 2.37. The van der Waals surface area contributed by atoms with E-state index in [0.717, 1.165) is 18.0 Å². The summed E-state index contributed by atoms with van der Waals surface area (Å²) in [5, 5.41) is 3.96. The Morgan fingerprint density at radius 1 is 1.05 bits per heavy atom. The molecule has 2 aliphatic rings. The predicted octanol–water partition coefficient (Wildman–Crippen LogP) is 4.80. The maximum absolute atomic E-state index is 3.96. The SMILES string of the molecule is Cc1ccc(C2CC(NC3CCCCC3(C)C)C2)cc1. The van der Waals surface area contributed by atoms with E-state index in [1.54, 1.807) is 0 Å². The van der Waals surface area contributed by atoms with Crippen LogP contribution in [0.1, 0.15) is 69.4 Å². The fourth-order valence-electron chi connectivity index (χ4n) is 3.95. The molecule has 1 N–H and O–H groups in total. The van der Waals surface area contributed by atoms with Crippen molar-refractivity contribution < 1.29 is 0 Å². The molecule has 0 radical (unpaired) electrons. The fourth-order valence-corrected chi connectivity index (χ4v) is 3.95. The zero-order chi connectivity index (χ0) is 14.2. The van der Waals surface area contributed by atoms with Crippen molar-refractivity contribution in [1.29, 1.82) is 0 Å². The first-order valence-corrected chi connectivity index (χ1v) is 8.37. The highest BCUT2D eigenvalue weighted by atomic mass is 15.0. The Hall–Kier alpha value is -0.820. The quantitative estimate of drug-likeness (QED) is 0.832. The van der Waals surface area contributed by atoms with Crippen LogP contribution in [-0.4, -0.2) is 12.1 Å². The van der Waals surface area contributed by atoms with E-state index in [1.165, 1.54) is 49.7 Å². The number of hydrogen-bond acceptors (Lipinski definition) is 1. The first-order chi connectivity index (χ1) is 9.54. The van der Waals surface area contributed by atoms with Crippen LogP contribution in [0.15, 0.2) is 24.3 Å². The molecule has 0 spiro atoms. The summed E-state index contributed by atoms with van der Waals surface area (Å²) < 4.78 is 0. The van der Waals surface area contributed by atoms with Crippen molar-refractivity contribution >= 4 is 0 Å². The van der Waals surface area contributed by atoms with Gasteiger partial charge >= 0.3 is 0 Å². The van der Waals surface area contributed by atoms with Crippen molar-refractivity contribution in [2.45, 2.75) is 77.3 Å². The Bertz CT molecular complexity index is 439. The molecule has 1 aromatic rings. The molecule has 0 amide bonds. The largest absolute Gasteiger partial charge is 0.311 e. The maximum atomic E-state index is 3.96. The first-order valence-electron chi connectivity index (χ1n) is 8.37. The third kappa shape index (κ3) is 2.93. The summed E-state index contributed by atoms with van der Waals surface area (Å²) in [6.45, 7) is 7.06. The van der Waals surface area contributed by atoms with Crippen molar-refractivity contribution in [3.05, 3.63) is 35.4 Å². The van der Waals surface area contributed by atoms with Crippen LogP contribution in [0.5, 0.6) is 0 Å². The van der Waals surface area contributed by atoms with E-state index < -0.39 is 0 Å². The van der Waals surface area contributed by atoms with Gasteiger partial charge in [-0.05, 0) is 49.5 Å². The molecule has 0 aromatic heterocycles. The molecule has 0 bridgehead atoms. The zero-order valence-corrected chi connectivity index (χ0v) is 13.3. The number of nitrogens with one attached hydrogen (secondary N) is 1. The predicted molar refractivity (Wildman–Crippen MR) is 86.1 cm³/mol. The summed E-state index contributed by atoms with van der Waals surface area (Å²) >= 11 is 0. The lowest BCUT2D eigenvalue weighted by atomic mass is 9.70. The minimum atomic E-state index is 0.493. The lowest BCUT2D eigenvalue weighted by molar-refractivity contribution is 0.130. The number of rotatable bonds is 3. The molecule has 1 unspecified atom stereocenters. The van der Waals surface area contributed by atoms with Gasteiger partial charge in [0.25, 0.3) is 0 Å². The Morgan fingerprint density at radius 2 is 1.75 bits per heavy atom. The van der Waals surface area contributed by atoms with Crippen molar-refractivity contribution in [1.82, 2.24) is 5.32 Å². The molecule has 20 heavy (non-hydrogen) atoms. The Balaban J connectivity index is 1.52. The summed E-state index contributed by atoms with van der Waals surface area (Å²) in [6.07, 6.45) is 8.25. The van der Waals surface area contributed by atoms with Crippen LogP contribution < -0.4 is 5.32 Å². The number of hydrogen-bond donors (Lipinski definition) is 1. The van der Waals surface area contributed by atoms with E-state index in [1.807, 2.05) is 0 Å². The third-order valence-electron chi connectivity index (χ3n) is 5.63. The number of aryl methyl sites for hydroxylation is 1. The highest BCUT2D eigenvalue weighted by Crippen LogP contribution is 2.40. The van der Waals surface area contributed by atoms with Gasteiger partial charge in [-0.15, -0.1) is 0 Å². The average Bonchev–Trinajstić information content (AvgIpc) is 2.36.